The monoisotopic (exact) mass is 230 g/mol. The van der Waals surface area contributed by atoms with E-state index in [-0.39, 0.29) is 10.8 Å². The third-order valence-electron chi connectivity index (χ3n) is 2.50. The maximum absolute atomic E-state index is 13.3. The first kappa shape index (κ1) is 10.7. The molecule has 1 aromatic heterocycles. The van der Waals surface area contributed by atoms with Crippen LogP contribution in [0.3, 0.4) is 0 Å². The molecule has 1 fully saturated rings. The summed E-state index contributed by atoms with van der Waals surface area (Å²) in [5, 5.41) is 0.623. The molecule has 0 aliphatic heterocycles. The maximum Gasteiger partial charge on any atom is 0.168 e. The normalized spacial score (nSPS) is 17.2. The van der Waals surface area contributed by atoms with Crippen LogP contribution in [0.25, 0.3) is 0 Å². The molecule has 0 aromatic carbocycles. The molecule has 15 heavy (non-hydrogen) atoms. The van der Waals surface area contributed by atoms with Crippen LogP contribution < -0.4 is 5.73 Å². The fourth-order valence-electron chi connectivity index (χ4n) is 1.71. The Labute approximate surface area is 91.3 Å². The number of aromatic nitrogens is 1. The van der Waals surface area contributed by atoms with E-state index in [9.17, 15) is 8.78 Å². The lowest BCUT2D eigenvalue weighted by molar-refractivity contribution is 0.552. The van der Waals surface area contributed by atoms with Gasteiger partial charge in [-0.1, -0.05) is 24.6 Å². The van der Waals surface area contributed by atoms with E-state index in [1.54, 1.807) is 0 Å². The molecule has 1 saturated carbocycles. The van der Waals surface area contributed by atoms with Crippen LogP contribution >= 0.6 is 11.8 Å². The molecule has 1 aliphatic rings. The van der Waals surface area contributed by atoms with Gasteiger partial charge in [-0.25, -0.2) is 13.8 Å². The Kier molecular flexibility index (Phi) is 3.09. The van der Waals surface area contributed by atoms with Crippen LogP contribution in [-0.4, -0.2) is 10.2 Å². The largest absolute Gasteiger partial charge is 0.381 e. The minimum Gasteiger partial charge on any atom is -0.381 e. The number of thioether (sulfide) groups is 1. The third-order valence-corrected chi connectivity index (χ3v) is 3.82. The van der Waals surface area contributed by atoms with Crippen LogP contribution in [0.15, 0.2) is 11.1 Å². The van der Waals surface area contributed by atoms with Gasteiger partial charge in [0.25, 0.3) is 0 Å². The molecule has 82 valence electrons. The van der Waals surface area contributed by atoms with Crippen molar-refractivity contribution in [3.63, 3.8) is 0 Å². The number of nitrogens with zero attached hydrogens (tertiary/aromatic N) is 1. The summed E-state index contributed by atoms with van der Waals surface area (Å²) in [6, 6.07) is 0.805. The van der Waals surface area contributed by atoms with E-state index in [1.165, 1.54) is 24.6 Å². The van der Waals surface area contributed by atoms with Gasteiger partial charge in [0.2, 0.25) is 0 Å². The molecule has 0 bridgehead atoms. The highest BCUT2D eigenvalue weighted by atomic mass is 32.2. The number of halogens is 2. The molecule has 5 heteroatoms. The first-order valence-corrected chi connectivity index (χ1v) is 5.83. The van der Waals surface area contributed by atoms with Crippen molar-refractivity contribution in [3.8, 4) is 0 Å². The van der Waals surface area contributed by atoms with Crippen molar-refractivity contribution in [3.05, 3.63) is 17.7 Å². The summed E-state index contributed by atoms with van der Waals surface area (Å²) >= 11 is 1.37. The van der Waals surface area contributed by atoms with Crippen molar-refractivity contribution in [1.29, 1.82) is 0 Å². The number of hydrogen-bond donors (Lipinski definition) is 1. The first-order chi connectivity index (χ1) is 7.16. The average molecular weight is 230 g/mol. The molecule has 0 amide bonds. The zero-order valence-corrected chi connectivity index (χ0v) is 8.99. The highest BCUT2D eigenvalue weighted by molar-refractivity contribution is 7.99. The van der Waals surface area contributed by atoms with Gasteiger partial charge in [0.05, 0.1) is 0 Å². The Balaban J connectivity index is 2.16. The number of nitrogen functional groups attached to an aromatic ring is 1. The lowest BCUT2D eigenvalue weighted by Crippen LogP contribution is -2.02. The quantitative estimate of drug-likeness (QED) is 0.848. The number of rotatable bonds is 2. The summed E-state index contributed by atoms with van der Waals surface area (Å²) in [4.78, 5) is 3.73. The van der Waals surface area contributed by atoms with E-state index in [2.05, 4.69) is 4.98 Å². The Hall–Kier alpha value is -0.840. The smallest absolute Gasteiger partial charge is 0.168 e. The molecule has 0 atom stereocenters. The van der Waals surface area contributed by atoms with Crippen LogP contribution in [0.2, 0.25) is 0 Å². The minimum atomic E-state index is -0.789. The molecule has 0 unspecified atom stereocenters. The molecule has 1 aromatic rings. The minimum absolute atomic E-state index is 0.223. The Morgan fingerprint density at radius 3 is 2.60 bits per heavy atom. The first-order valence-electron chi connectivity index (χ1n) is 4.95. The van der Waals surface area contributed by atoms with Gasteiger partial charge in [0, 0.05) is 11.3 Å². The summed E-state index contributed by atoms with van der Waals surface area (Å²) in [5.74, 6) is -1.63. The SMILES string of the molecule is Nc1nc(SC2CCCC2)c(F)cc1F. The van der Waals surface area contributed by atoms with Crippen molar-refractivity contribution in [2.75, 3.05) is 5.73 Å². The molecule has 0 saturated heterocycles. The highest BCUT2D eigenvalue weighted by Gasteiger charge is 2.19. The molecule has 2 nitrogen and oxygen atoms in total. The van der Waals surface area contributed by atoms with Gasteiger partial charge < -0.3 is 5.73 Å². The van der Waals surface area contributed by atoms with Gasteiger partial charge in [-0.3, -0.25) is 0 Å². The molecule has 0 radical (unpaired) electrons. The summed E-state index contributed by atoms with van der Waals surface area (Å²) in [5.41, 5.74) is 5.30. The lowest BCUT2D eigenvalue weighted by atomic mass is 10.4. The second-order valence-corrected chi connectivity index (χ2v) is 4.96. The van der Waals surface area contributed by atoms with E-state index < -0.39 is 11.6 Å². The zero-order chi connectivity index (χ0) is 10.8. The van der Waals surface area contributed by atoms with Gasteiger partial charge in [0.15, 0.2) is 17.5 Å². The summed E-state index contributed by atoms with van der Waals surface area (Å²) in [6.07, 6.45) is 4.50. The Morgan fingerprint density at radius 2 is 1.93 bits per heavy atom. The predicted octanol–water partition coefficient (Wildman–Crippen LogP) is 2.98. The average Bonchev–Trinajstić information content (AvgIpc) is 2.67. The van der Waals surface area contributed by atoms with Crippen molar-refractivity contribution >= 4 is 17.6 Å². The van der Waals surface area contributed by atoms with Gasteiger partial charge in [-0.2, -0.15) is 0 Å². The van der Waals surface area contributed by atoms with Crippen molar-refractivity contribution in [1.82, 2.24) is 4.98 Å². The molecule has 2 N–H and O–H groups in total. The van der Waals surface area contributed by atoms with Gasteiger partial charge in [0.1, 0.15) is 5.03 Å². The van der Waals surface area contributed by atoms with E-state index in [0.29, 0.717) is 5.25 Å². The van der Waals surface area contributed by atoms with Crippen LogP contribution in [0.1, 0.15) is 25.7 Å². The van der Waals surface area contributed by atoms with Crippen molar-refractivity contribution in [2.45, 2.75) is 36.0 Å². The Bertz CT molecular complexity index is 365. The predicted molar refractivity (Wildman–Crippen MR) is 56.7 cm³/mol. The number of hydrogen-bond acceptors (Lipinski definition) is 3. The van der Waals surface area contributed by atoms with Crippen LogP contribution in [0, 0.1) is 11.6 Å². The number of pyridine rings is 1. The van der Waals surface area contributed by atoms with Crippen molar-refractivity contribution in [2.24, 2.45) is 0 Å². The van der Waals surface area contributed by atoms with Gasteiger partial charge in [-0.15, -0.1) is 0 Å². The molecular formula is C10H12F2N2S. The zero-order valence-electron chi connectivity index (χ0n) is 8.17. The second kappa shape index (κ2) is 4.35. The molecular weight excluding hydrogens is 218 g/mol. The number of nitrogens with two attached hydrogens (primary N) is 1. The molecule has 0 spiro atoms. The van der Waals surface area contributed by atoms with Gasteiger partial charge in [-0.05, 0) is 12.8 Å². The summed E-state index contributed by atoms with van der Waals surface area (Å²) < 4.78 is 26.1. The van der Waals surface area contributed by atoms with Gasteiger partial charge >= 0.3 is 0 Å². The van der Waals surface area contributed by atoms with Crippen LogP contribution in [0.5, 0.6) is 0 Å². The number of anilines is 1. The summed E-state index contributed by atoms with van der Waals surface area (Å²) in [7, 11) is 0. The second-order valence-electron chi connectivity index (χ2n) is 3.67. The lowest BCUT2D eigenvalue weighted by Gasteiger charge is -2.09. The maximum atomic E-state index is 13.3. The van der Waals surface area contributed by atoms with Crippen molar-refractivity contribution < 1.29 is 8.78 Å². The summed E-state index contributed by atoms with van der Waals surface area (Å²) in [6.45, 7) is 0. The molecule has 1 aliphatic carbocycles. The molecule has 2 rings (SSSR count). The fraction of sp³-hybridized carbons (Fsp3) is 0.500. The van der Waals surface area contributed by atoms with E-state index in [1.807, 2.05) is 0 Å². The van der Waals surface area contributed by atoms with E-state index in [0.717, 1.165) is 18.9 Å². The highest BCUT2D eigenvalue weighted by Crippen LogP contribution is 2.35. The van der Waals surface area contributed by atoms with Crippen LogP contribution in [0.4, 0.5) is 14.6 Å². The van der Waals surface area contributed by atoms with E-state index >= 15 is 0 Å². The molecule has 1 heterocycles. The Morgan fingerprint density at radius 1 is 1.27 bits per heavy atom. The third kappa shape index (κ3) is 2.40. The van der Waals surface area contributed by atoms with Crippen LogP contribution in [-0.2, 0) is 0 Å². The van der Waals surface area contributed by atoms with E-state index in [4.69, 9.17) is 5.73 Å². The fourth-order valence-corrected chi connectivity index (χ4v) is 2.92. The standard InChI is InChI=1S/C10H12F2N2S/c11-7-5-8(12)10(14-9(7)13)15-6-3-1-2-4-6/h5-6H,1-4H2,(H2,13,14). The topological polar surface area (TPSA) is 38.9 Å².